The van der Waals surface area contributed by atoms with E-state index >= 15 is 0 Å². The van der Waals surface area contributed by atoms with Gasteiger partial charge in [0.2, 0.25) is 5.91 Å². The van der Waals surface area contributed by atoms with E-state index in [0.717, 1.165) is 17.7 Å². The van der Waals surface area contributed by atoms with Gasteiger partial charge in [-0.3, -0.25) is 14.5 Å². The molecule has 0 fully saturated rings. The molecule has 0 aliphatic carbocycles. The Balaban J connectivity index is 2.39. The first-order valence-corrected chi connectivity index (χ1v) is 8.59. The van der Waals surface area contributed by atoms with E-state index in [0.29, 0.717) is 24.2 Å². The number of nitrogens with zero attached hydrogens (tertiary/aromatic N) is 1. The third-order valence-corrected chi connectivity index (χ3v) is 3.91. The molecule has 0 aliphatic heterocycles. The maximum absolute atomic E-state index is 12.1. The minimum Gasteiger partial charge on any atom is -0.353 e. The van der Waals surface area contributed by atoms with Gasteiger partial charge in [0.1, 0.15) is 0 Å². The van der Waals surface area contributed by atoms with Crippen molar-refractivity contribution in [1.82, 2.24) is 15.5 Å². The van der Waals surface area contributed by atoms with Gasteiger partial charge in [-0.1, -0.05) is 17.2 Å². The van der Waals surface area contributed by atoms with Crippen LogP contribution in [-0.2, 0) is 4.79 Å². The molecular formula is C19H31N3O2. The van der Waals surface area contributed by atoms with Crippen LogP contribution in [0, 0.1) is 13.8 Å². The molecule has 1 aromatic rings. The highest BCUT2D eigenvalue weighted by Gasteiger charge is 2.13. The Bertz CT molecular complexity index is 539. The zero-order valence-electron chi connectivity index (χ0n) is 15.8. The third kappa shape index (κ3) is 6.71. The quantitative estimate of drug-likeness (QED) is 0.767. The van der Waals surface area contributed by atoms with Gasteiger partial charge in [0.05, 0.1) is 6.54 Å². The fourth-order valence-electron chi connectivity index (χ4n) is 2.87. The van der Waals surface area contributed by atoms with Gasteiger partial charge in [-0.2, -0.15) is 0 Å². The first-order valence-electron chi connectivity index (χ1n) is 8.59. The SMILES string of the molecule is Cc1cc(C)cc(C(=O)NCC(=O)NCCN(C(C)C)C(C)C)c1. The highest BCUT2D eigenvalue weighted by Crippen LogP contribution is 2.08. The summed E-state index contributed by atoms with van der Waals surface area (Å²) in [6.07, 6.45) is 0. The van der Waals surface area contributed by atoms with E-state index in [2.05, 4.69) is 43.2 Å². The van der Waals surface area contributed by atoms with Crippen molar-refractivity contribution in [2.75, 3.05) is 19.6 Å². The highest BCUT2D eigenvalue weighted by molar-refractivity contribution is 5.96. The summed E-state index contributed by atoms with van der Waals surface area (Å²) >= 11 is 0. The van der Waals surface area contributed by atoms with E-state index in [1.165, 1.54) is 0 Å². The first-order chi connectivity index (χ1) is 11.2. The summed E-state index contributed by atoms with van der Waals surface area (Å²) in [5.41, 5.74) is 2.66. The predicted molar refractivity (Wildman–Crippen MR) is 98.2 cm³/mol. The summed E-state index contributed by atoms with van der Waals surface area (Å²) in [6.45, 7) is 13.8. The smallest absolute Gasteiger partial charge is 0.251 e. The summed E-state index contributed by atoms with van der Waals surface area (Å²) < 4.78 is 0. The maximum atomic E-state index is 12.1. The molecule has 0 aliphatic rings. The second kappa shape index (κ2) is 9.42. The molecule has 0 saturated carbocycles. The van der Waals surface area contributed by atoms with Crippen molar-refractivity contribution in [3.8, 4) is 0 Å². The Hall–Kier alpha value is -1.88. The average molecular weight is 333 g/mol. The zero-order chi connectivity index (χ0) is 18.3. The van der Waals surface area contributed by atoms with Crippen LogP contribution in [-0.4, -0.2) is 48.4 Å². The van der Waals surface area contributed by atoms with Crippen molar-refractivity contribution >= 4 is 11.8 Å². The van der Waals surface area contributed by atoms with Crippen LogP contribution >= 0.6 is 0 Å². The number of carbonyl (C=O) groups is 2. The molecule has 0 bridgehead atoms. The minimum absolute atomic E-state index is 0.00478. The number of carbonyl (C=O) groups excluding carboxylic acids is 2. The van der Waals surface area contributed by atoms with Crippen LogP contribution in [0.1, 0.15) is 49.2 Å². The number of amides is 2. The highest BCUT2D eigenvalue weighted by atomic mass is 16.2. The van der Waals surface area contributed by atoms with Crippen LogP contribution < -0.4 is 10.6 Å². The van der Waals surface area contributed by atoms with Gasteiger partial charge in [0.15, 0.2) is 0 Å². The van der Waals surface area contributed by atoms with Crippen LogP contribution in [0.25, 0.3) is 0 Å². The maximum Gasteiger partial charge on any atom is 0.251 e. The van der Waals surface area contributed by atoms with Crippen molar-refractivity contribution in [2.24, 2.45) is 0 Å². The number of benzene rings is 1. The fraction of sp³-hybridized carbons (Fsp3) is 0.579. The van der Waals surface area contributed by atoms with Gasteiger partial charge in [-0.15, -0.1) is 0 Å². The lowest BCUT2D eigenvalue weighted by atomic mass is 10.1. The van der Waals surface area contributed by atoms with Crippen LogP contribution in [0.15, 0.2) is 18.2 Å². The lowest BCUT2D eigenvalue weighted by Gasteiger charge is -2.30. The van der Waals surface area contributed by atoms with Gasteiger partial charge in [0.25, 0.3) is 5.91 Å². The molecule has 0 aromatic heterocycles. The predicted octanol–water partition coefficient (Wildman–Crippen LogP) is 2.27. The molecule has 5 nitrogen and oxygen atoms in total. The third-order valence-electron chi connectivity index (χ3n) is 3.91. The van der Waals surface area contributed by atoms with Gasteiger partial charge in [-0.25, -0.2) is 0 Å². The minimum atomic E-state index is -0.220. The fourth-order valence-corrected chi connectivity index (χ4v) is 2.87. The summed E-state index contributed by atoms with van der Waals surface area (Å²) in [4.78, 5) is 26.3. The van der Waals surface area contributed by atoms with Crippen LogP contribution in [0.3, 0.4) is 0 Å². The topological polar surface area (TPSA) is 61.4 Å². The van der Waals surface area contributed by atoms with E-state index in [9.17, 15) is 9.59 Å². The first kappa shape index (κ1) is 20.2. The molecule has 0 spiro atoms. The van der Waals surface area contributed by atoms with Crippen molar-refractivity contribution in [3.05, 3.63) is 34.9 Å². The Morgan fingerprint density at radius 1 is 0.958 bits per heavy atom. The molecule has 24 heavy (non-hydrogen) atoms. The molecule has 2 amide bonds. The second-order valence-electron chi connectivity index (χ2n) is 6.83. The monoisotopic (exact) mass is 333 g/mol. The molecular weight excluding hydrogens is 302 g/mol. The second-order valence-corrected chi connectivity index (χ2v) is 6.83. The number of hydrogen-bond acceptors (Lipinski definition) is 3. The van der Waals surface area contributed by atoms with Crippen LogP contribution in [0.2, 0.25) is 0 Å². The number of aryl methyl sites for hydroxylation is 2. The molecule has 0 heterocycles. The zero-order valence-corrected chi connectivity index (χ0v) is 15.8. The van der Waals surface area contributed by atoms with E-state index in [1.54, 1.807) is 0 Å². The van der Waals surface area contributed by atoms with Crippen molar-refractivity contribution < 1.29 is 9.59 Å². The summed E-state index contributed by atoms with van der Waals surface area (Å²) in [5.74, 6) is -0.386. The number of hydrogen-bond donors (Lipinski definition) is 2. The molecule has 2 N–H and O–H groups in total. The van der Waals surface area contributed by atoms with Crippen molar-refractivity contribution in [3.63, 3.8) is 0 Å². The van der Waals surface area contributed by atoms with E-state index in [4.69, 9.17) is 0 Å². The normalized spacial score (nSPS) is 11.2. The molecule has 0 radical (unpaired) electrons. The molecule has 0 atom stereocenters. The van der Waals surface area contributed by atoms with Crippen molar-refractivity contribution in [1.29, 1.82) is 0 Å². The Kier molecular flexibility index (Phi) is 7.92. The number of nitrogens with one attached hydrogen (secondary N) is 2. The standard InChI is InChI=1S/C19H31N3O2/c1-13(2)22(14(3)4)8-7-20-18(23)12-21-19(24)17-10-15(5)9-16(6)11-17/h9-11,13-14H,7-8,12H2,1-6H3,(H,20,23)(H,21,24). The average Bonchev–Trinajstić information content (AvgIpc) is 2.47. The molecule has 134 valence electrons. The lowest BCUT2D eigenvalue weighted by molar-refractivity contribution is -0.120. The largest absolute Gasteiger partial charge is 0.353 e. The van der Waals surface area contributed by atoms with Crippen LogP contribution in [0.5, 0.6) is 0 Å². The Labute approximate surface area is 145 Å². The van der Waals surface area contributed by atoms with Gasteiger partial charge in [0, 0.05) is 30.7 Å². The van der Waals surface area contributed by atoms with Gasteiger partial charge < -0.3 is 10.6 Å². The number of rotatable bonds is 8. The molecule has 0 saturated heterocycles. The summed E-state index contributed by atoms with van der Waals surface area (Å²) in [5, 5.41) is 5.53. The summed E-state index contributed by atoms with van der Waals surface area (Å²) in [7, 11) is 0. The van der Waals surface area contributed by atoms with Crippen LogP contribution in [0.4, 0.5) is 0 Å². The van der Waals surface area contributed by atoms with E-state index < -0.39 is 0 Å². The Morgan fingerprint density at radius 2 is 1.50 bits per heavy atom. The molecule has 5 heteroatoms. The van der Waals surface area contributed by atoms with Gasteiger partial charge >= 0.3 is 0 Å². The summed E-state index contributed by atoms with van der Waals surface area (Å²) in [6, 6.07) is 6.53. The Morgan fingerprint density at radius 3 is 2.00 bits per heavy atom. The van der Waals surface area contributed by atoms with E-state index in [1.807, 2.05) is 32.0 Å². The lowest BCUT2D eigenvalue weighted by Crippen LogP contribution is -2.44. The van der Waals surface area contributed by atoms with Gasteiger partial charge in [-0.05, 0) is 53.7 Å². The molecule has 1 rings (SSSR count). The molecule has 1 aromatic carbocycles. The van der Waals surface area contributed by atoms with Crippen molar-refractivity contribution in [2.45, 2.75) is 53.6 Å². The molecule has 0 unspecified atom stereocenters. The van der Waals surface area contributed by atoms with E-state index in [-0.39, 0.29) is 18.4 Å².